The van der Waals surface area contributed by atoms with E-state index < -0.39 is 31.0 Å². The van der Waals surface area contributed by atoms with Gasteiger partial charge >= 0.3 is 19.8 Å². The number of aliphatic hydroxyl groups excluding tert-OH is 1. The molecule has 212 valence electrons. The lowest BCUT2D eigenvalue weighted by Gasteiger charge is -2.37. The number of carboxylic acids is 1. The summed E-state index contributed by atoms with van der Waals surface area (Å²) in [6, 6.07) is 9.49. The topological polar surface area (TPSA) is 102 Å². The lowest BCUT2D eigenvalue weighted by Crippen LogP contribution is -2.53. The first kappa shape index (κ1) is 33.8. The van der Waals surface area contributed by atoms with Crippen LogP contribution in [0.4, 0.5) is 0 Å². The molecule has 1 aromatic carbocycles. The van der Waals surface area contributed by atoms with Crippen molar-refractivity contribution in [1.82, 2.24) is 0 Å². The average Bonchev–Trinajstić information content (AvgIpc) is 2.88. The Balaban J connectivity index is 3.22. The van der Waals surface area contributed by atoms with Gasteiger partial charge in [-0.1, -0.05) is 88.5 Å². The molecule has 5 atom stereocenters. The standard InChI is InChI=1S/C28H47O7PS/c1-4-7-9-11-13-19-24(34-23-17-14-12-15-18-23)22-27(37,20-16-10-8-5-2)35-28(36-32,25(29)30)26(31)33-21-6-3/h12,14-15,17-18,24,26,31,37H,4-11,13,16,19-22H2,1-3H3,(H,29,30)/p+1. The fourth-order valence-electron chi connectivity index (χ4n) is 4.21. The molecule has 0 saturated heterocycles. The van der Waals surface area contributed by atoms with Gasteiger partial charge in [0.2, 0.25) is 6.29 Å². The summed E-state index contributed by atoms with van der Waals surface area (Å²) in [5.74, 6) is -0.833. The lowest BCUT2D eigenvalue weighted by molar-refractivity contribution is -0.228. The minimum atomic E-state index is -2.44. The number of rotatable bonds is 23. The van der Waals surface area contributed by atoms with Crippen molar-refractivity contribution in [2.75, 3.05) is 6.61 Å². The number of ether oxygens (including phenoxy) is 3. The largest absolute Gasteiger partial charge is 0.490 e. The number of aliphatic carboxylic acids is 1. The predicted molar refractivity (Wildman–Crippen MR) is 152 cm³/mol. The fraction of sp³-hybridized carbons (Fsp3) is 0.750. The Labute approximate surface area is 230 Å². The van der Waals surface area contributed by atoms with Gasteiger partial charge in [0.1, 0.15) is 16.8 Å². The van der Waals surface area contributed by atoms with Crippen molar-refractivity contribution >= 4 is 27.1 Å². The Morgan fingerprint density at radius 2 is 1.59 bits per heavy atom. The molecule has 0 fully saturated rings. The Hall–Kier alpha value is -1.18. The fourth-order valence-corrected chi connectivity index (χ4v) is 5.31. The Bertz CT molecular complexity index is 753. The van der Waals surface area contributed by atoms with Gasteiger partial charge in [-0.3, -0.25) is 0 Å². The van der Waals surface area contributed by atoms with Gasteiger partial charge in [-0.05, 0) is 44.2 Å². The van der Waals surface area contributed by atoms with Crippen molar-refractivity contribution in [2.45, 2.75) is 127 Å². The summed E-state index contributed by atoms with van der Waals surface area (Å²) in [4.78, 5) is 11.0. The summed E-state index contributed by atoms with van der Waals surface area (Å²) in [6.45, 7) is 6.23. The van der Waals surface area contributed by atoms with E-state index in [-0.39, 0.29) is 19.1 Å². The van der Waals surface area contributed by atoms with E-state index in [0.29, 0.717) is 18.6 Å². The zero-order valence-corrected chi connectivity index (χ0v) is 24.7. The highest BCUT2D eigenvalue weighted by atomic mass is 32.1. The van der Waals surface area contributed by atoms with Gasteiger partial charge in [0.25, 0.3) is 0 Å². The summed E-state index contributed by atoms with van der Waals surface area (Å²) >= 11 is 4.87. The van der Waals surface area contributed by atoms with Crippen LogP contribution in [-0.4, -0.2) is 45.5 Å². The minimum Gasteiger partial charge on any atom is -0.490 e. The summed E-state index contributed by atoms with van der Waals surface area (Å²) < 4.78 is 30.0. The summed E-state index contributed by atoms with van der Waals surface area (Å²) in [7, 11) is -1.50. The van der Waals surface area contributed by atoms with Crippen molar-refractivity contribution in [1.29, 1.82) is 0 Å². The number of para-hydroxylation sites is 1. The number of aliphatic hydroxyl groups is 1. The third-order valence-corrected chi connectivity index (χ3v) is 7.65. The van der Waals surface area contributed by atoms with E-state index in [0.717, 1.165) is 57.8 Å². The van der Waals surface area contributed by atoms with Crippen LogP contribution in [0.1, 0.15) is 104 Å². The molecule has 0 aliphatic rings. The molecule has 7 nitrogen and oxygen atoms in total. The first-order chi connectivity index (χ1) is 17.8. The van der Waals surface area contributed by atoms with Gasteiger partial charge in [0, 0.05) is 13.0 Å². The molecule has 37 heavy (non-hydrogen) atoms. The smallest absolute Gasteiger partial charge is 0.411 e. The van der Waals surface area contributed by atoms with E-state index in [9.17, 15) is 19.6 Å². The molecule has 0 saturated carbocycles. The number of hydrogen-bond donors (Lipinski definition) is 3. The van der Waals surface area contributed by atoms with Crippen molar-refractivity contribution in [2.24, 2.45) is 0 Å². The highest BCUT2D eigenvalue weighted by molar-refractivity contribution is 7.81. The van der Waals surface area contributed by atoms with Gasteiger partial charge in [-0.15, -0.1) is 12.6 Å². The quantitative estimate of drug-likeness (QED) is 0.0558. The maximum absolute atomic E-state index is 12.3. The molecule has 0 bridgehead atoms. The molecular weight excluding hydrogens is 511 g/mol. The summed E-state index contributed by atoms with van der Waals surface area (Å²) in [5, 5.41) is 18.2. The monoisotopic (exact) mass is 559 g/mol. The first-order valence-corrected chi connectivity index (χ1v) is 15.2. The number of hydrogen-bond acceptors (Lipinski definition) is 7. The highest BCUT2D eigenvalue weighted by Crippen LogP contribution is 2.42. The van der Waals surface area contributed by atoms with Crippen molar-refractivity contribution < 1.29 is 33.8 Å². The van der Waals surface area contributed by atoms with Crippen LogP contribution in [0.3, 0.4) is 0 Å². The second kappa shape index (κ2) is 19.0. The van der Waals surface area contributed by atoms with Gasteiger partial charge in [0.15, 0.2) is 0 Å². The molecule has 0 aliphatic carbocycles. The summed E-state index contributed by atoms with van der Waals surface area (Å²) in [5.41, 5.74) is 0. The van der Waals surface area contributed by atoms with E-state index in [1.807, 2.05) is 37.3 Å². The number of carbonyl (C=O) groups is 1. The minimum absolute atomic E-state index is 0.109. The number of thiol groups is 1. The third-order valence-electron chi connectivity index (χ3n) is 6.29. The lowest BCUT2D eigenvalue weighted by atomic mass is 9.98. The van der Waals surface area contributed by atoms with Crippen molar-refractivity contribution in [3.63, 3.8) is 0 Å². The van der Waals surface area contributed by atoms with Gasteiger partial charge in [-0.2, -0.15) is 0 Å². The van der Waals surface area contributed by atoms with Gasteiger partial charge in [0.05, 0.1) is 0 Å². The van der Waals surface area contributed by atoms with E-state index in [2.05, 4.69) is 13.8 Å². The third kappa shape index (κ3) is 12.5. The van der Waals surface area contributed by atoms with E-state index in [4.69, 9.17) is 26.8 Å². The summed E-state index contributed by atoms with van der Waals surface area (Å²) in [6.07, 6.45) is 9.05. The molecule has 9 heteroatoms. The van der Waals surface area contributed by atoms with Crippen LogP contribution in [0, 0.1) is 0 Å². The molecule has 0 aromatic heterocycles. The number of benzene rings is 1. The molecule has 0 spiro atoms. The molecular formula is C28H48O7PS+. The molecule has 0 heterocycles. The van der Waals surface area contributed by atoms with Crippen LogP contribution in [0.5, 0.6) is 5.75 Å². The predicted octanol–water partition coefficient (Wildman–Crippen LogP) is 7.35. The zero-order chi connectivity index (χ0) is 27.6. The maximum atomic E-state index is 12.3. The second-order valence-electron chi connectivity index (χ2n) is 9.68. The first-order valence-electron chi connectivity index (χ1n) is 13.8. The highest BCUT2D eigenvalue weighted by Gasteiger charge is 2.61. The zero-order valence-electron chi connectivity index (χ0n) is 22.8. The van der Waals surface area contributed by atoms with E-state index in [1.165, 1.54) is 6.42 Å². The van der Waals surface area contributed by atoms with Gasteiger partial charge < -0.3 is 24.4 Å². The second-order valence-corrected chi connectivity index (χ2v) is 11.4. The Kier molecular flexibility index (Phi) is 17.4. The van der Waals surface area contributed by atoms with E-state index in [1.54, 1.807) is 0 Å². The Morgan fingerprint density at radius 3 is 2.16 bits per heavy atom. The number of unbranched alkanes of at least 4 members (excludes halogenated alkanes) is 7. The maximum Gasteiger partial charge on any atom is 0.411 e. The van der Waals surface area contributed by atoms with Crippen LogP contribution >= 0.6 is 21.1 Å². The SMILES string of the molecule is CCCCCCCC(CC(S)(CCCCCC)OC([PH+]=O)(C(=O)O)C(O)OCCC)Oc1ccccc1. The van der Waals surface area contributed by atoms with Crippen LogP contribution < -0.4 is 4.74 Å². The van der Waals surface area contributed by atoms with Crippen LogP contribution in [0.25, 0.3) is 0 Å². The molecule has 0 aliphatic heterocycles. The molecule has 0 amide bonds. The molecule has 5 unspecified atom stereocenters. The Morgan fingerprint density at radius 1 is 0.973 bits per heavy atom. The molecule has 2 N–H and O–H groups in total. The molecule has 1 rings (SSSR count). The normalized spacial score (nSPS) is 16.6. The van der Waals surface area contributed by atoms with Crippen LogP contribution in [-0.2, 0) is 18.8 Å². The average molecular weight is 560 g/mol. The van der Waals surface area contributed by atoms with Crippen molar-refractivity contribution in [3.05, 3.63) is 30.3 Å². The van der Waals surface area contributed by atoms with Crippen LogP contribution in [0.15, 0.2) is 30.3 Å². The molecule has 0 radical (unpaired) electrons. The number of carboxylic acid groups (broad SMARTS) is 1. The van der Waals surface area contributed by atoms with Crippen LogP contribution in [0.2, 0.25) is 0 Å². The molecule has 1 aromatic rings. The van der Waals surface area contributed by atoms with Gasteiger partial charge in [-0.25, -0.2) is 4.79 Å². The van der Waals surface area contributed by atoms with E-state index >= 15 is 0 Å². The van der Waals surface area contributed by atoms with Crippen molar-refractivity contribution in [3.8, 4) is 5.75 Å².